The van der Waals surface area contributed by atoms with Crippen LogP contribution in [-0.2, 0) is 22.5 Å². The maximum atomic E-state index is 12.3. The van der Waals surface area contributed by atoms with E-state index in [4.69, 9.17) is 15.9 Å². The van der Waals surface area contributed by atoms with Crippen molar-refractivity contribution < 1.29 is 14.3 Å². The first-order valence-corrected chi connectivity index (χ1v) is 9.29. The van der Waals surface area contributed by atoms with E-state index in [-0.39, 0.29) is 24.7 Å². The highest BCUT2D eigenvalue weighted by atomic mass is 16.5. The van der Waals surface area contributed by atoms with Crippen LogP contribution in [0, 0.1) is 5.41 Å². The average Bonchev–Trinajstić information content (AvgIpc) is 2.77. The lowest BCUT2D eigenvalue weighted by Gasteiger charge is -2.11. The molecule has 1 amide bonds. The Labute approximate surface area is 174 Å². The highest BCUT2D eigenvalue weighted by Crippen LogP contribution is 2.24. The number of rotatable bonds is 7. The van der Waals surface area contributed by atoms with E-state index in [0.29, 0.717) is 11.1 Å². The monoisotopic (exact) mass is 402 g/mol. The lowest BCUT2D eigenvalue weighted by molar-refractivity contribution is -0.120. The second-order valence-electron chi connectivity index (χ2n) is 6.71. The van der Waals surface area contributed by atoms with Crippen LogP contribution in [0.4, 0.5) is 0 Å². The quantitative estimate of drug-likeness (QED) is 0.319. The summed E-state index contributed by atoms with van der Waals surface area (Å²) in [6.45, 7) is 0.258. The molecule has 0 radical (unpaired) electrons. The van der Waals surface area contributed by atoms with Crippen molar-refractivity contribution in [1.29, 1.82) is 5.41 Å². The molecular weight excluding hydrogens is 380 g/mol. The van der Waals surface area contributed by atoms with Gasteiger partial charge in [-0.2, -0.15) is 0 Å². The van der Waals surface area contributed by atoms with Gasteiger partial charge in [-0.05, 0) is 58.7 Å². The van der Waals surface area contributed by atoms with Gasteiger partial charge in [0.15, 0.2) is 0 Å². The van der Waals surface area contributed by atoms with E-state index >= 15 is 0 Å². The maximum Gasteiger partial charge on any atom is 0.337 e. The molecule has 0 atom stereocenters. The van der Waals surface area contributed by atoms with Gasteiger partial charge in [0.1, 0.15) is 5.84 Å². The molecule has 0 bridgehead atoms. The number of amidine groups is 1. The van der Waals surface area contributed by atoms with Gasteiger partial charge in [-0.1, -0.05) is 18.2 Å². The molecular formula is C23H22N4O3. The van der Waals surface area contributed by atoms with Crippen LogP contribution in [0.15, 0.2) is 67.0 Å². The van der Waals surface area contributed by atoms with E-state index in [9.17, 15) is 9.59 Å². The van der Waals surface area contributed by atoms with E-state index in [1.54, 1.807) is 54.9 Å². The van der Waals surface area contributed by atoms with Crippen LogP contribution in [0.5, 0.6) is 0 Å². The van der Waals surface area contributed by atoms with Gasteiger partial charge in [0, 0.05) is 24.5 Å². The molecule has 0 aliphatic rings. The van der Waals surface area contributed by atoms with Crippen LogP contribution < -0.4 is 11.1 Å². The molecule has 1 heterocycles. The van der Waals surface area contributed by atoms with Crippen molar-refractivity contribution in [3.05, 3.63) is 89.2 Å². The number of aromatic nitrogens is 1. The predicted molar refractivity (Wildman–Crippen MR) is 114 cm³/mol. The van der Waals surface area contributed by atoms with Gasteiger partial charge in [0.25, 0.3) is 0 Å². The number of nitrogens with one attached hydrogen (secondary N) is 2. The Bertz CT molecular complexity index is 1080. The number of ether oxygens (including phenoxy) is 1. The first-order valence-electron chi connectivity index (χ1n) is 9.29. The number of benzene rings is 2. The Morgan fingerprint density at radius 3 is 2.43 bits per heavy atom. The smallest absolute Gasteiger partial charge is 0.337 e. The molecule has 7 nitrogen and oxygen atoms in total. The Kier molecular flexibility index (Phi) is 6.54. The summed E-state index contributed by atoms with van der Waals surface area (Å²) in [6, 6.07) is 16.1. The Morgan fingerprint density at radius 1 is 1.00 bits per heavy atom. The second kappa shape index (κ2) is 9.47. The highest BCUT2D eigenvalue weighted by Gasteiger charge is 2.12. The van der Waals surface area contributed by atoms with E-state index < -0.39 is 5.97 Å². The molecule has 0 aliphatic carbocycles. The van der Waals surface area contributed by atoms with Crippen molar-refractivity contribution in [1.82, 2.24) is 10.3 Å². The molecule has 0 saturated carbocycles. The van der Waals surface area contributed by atoms with Gasteiger partial charge in [-0.25, -0.2) is 4.79 Å². The van der Waals surface area contributed by atoms with Crippen molar-refractivity contribution in [3.63, 3.8) is 0 Å². The first kappa shape index (κ1) is 20.7. The molecule has 0 fully saturated rings. The normalized spacial score (nSPS) is 10.3. The number of nitrogens with two attached hydrogens (primary N) is 1. The van der Waals surface area contributed by atoms with Crippen molar-refractivity contribution in [2.24, 2.45) is 5.73 Å². The summed E-state index contributed by atoms with van der Waals surface area (Å²) in [4.78, 5) is 28.3. The number of amides is 1. The highest BCUT2D eigenvalue weighted by molar-refractivity contribution is 5.96. The number of carbonyl (C=O) groups excluding carboxylic acids is 2. The number of pyridine rings is 1. The molecule has 30 heavy (non-hydrogen) atoms. The predicted octanol–water partition coefficient (Wildman–Crippen LogP) is 2.68. The third-order valence-electron chi connectivity index (χ3n) is 4.52. The van der Waals surface area contributed by atoms with Gasteiger partial charge in [0.05, 0.1) is 19.1 Å². The standard InChI is InChI=1S/C23H22N4O3/c1-30-23(29)20-10-16(14-27-21(28)11-15-5-7-26-8-6-15)9-19(13-20)17-3-2-4-18(12-17)22(24)25/h2-10,12-13H,11,14H2,1H3,(H3,24,25)(H,27,28). The fraction of sp³-hybridized carbons (Fsp3) is 0.130. The molecule has 2 aromatic carbocycles. The summed E-state index contributed by atoms with van der Waals surface area (Å²) < 4.78 is 4.86. The lowest BCUT2D eigenvalue weighted by atomic mass is 9.98. The van der Waals surface area contributed by atoms with E-state index in [1.807, 2.05) is 12.1 Å². The number of nitrogen functional groups attached to an aromatic ring is 1. The van der Waals surface area contributed by atoms with Crippen molar-refractivity contribution in [2.75, 3.05) is 7.11 Å². The molecule has 1 aromatic heterocycles. The molecule has 0 unspecified atom stereocenters. The van der Waals surface area contributed by atoms with Gasteiger partial charge in [0.2, 0.25) is 5.91 Å². The van der Waals surface area contributed by atoms with E-state index in [1.165, 1.54) is 7.11 Å². The van der Waals surface area contributed by atoms with Crippen molar-refractivity contribution in [2.45, 2.75) is 13.0 Å². The zero-order chi connectivity index (χ0) is 21.5. The lowest BCUT2D eigenvalue weighted by Crippen LogP contribution is -2.24. The van der Waals surface area contributed by atoms with Crippen LogP contribution in [0.2, 0.25) is 0 Å². The molecule has 3 rings (SSSR count). The van der Waals surface area contributed by atoms with Crippen LogP contribution in [0.3, 0.4) is 0 Å². The number of nitrogens with zero attached hydrogens (tertiary/aromatic N) is 1. The molecule has 0 saturated heterocycles. The minimum Gasteiger partial charge on any atom is -0.465 e. The fourth-order valence-electron chi connectivity index (χ4n) is 3.01. The third-order valence-corrected chi connectivity index (χ3v) is 4.52. The minimum atomic E-state index is -0.469. The van der Waals surface area contributed by atoms with Gasteiger partial charge < -0.3 is 15.8 Å². The van der Waals surface area contributed by atoms with Crippen LogP contribution in [-0.4, -0.2) is 29.8 Å². The zero-order valence-electron chi connectivity index (χ0n) is 16.5. The molecule has 4 N–H and O–H groups in total. The largest absolute Gasteiger partial charge is 0.465 e. The summed E-state index contributed by atoms with van der Waals surface area (Å²) in [7, 11) is 1.32. The molecule has 0 spiro atoms. The number of esters is 1. The Morgan fingerprint density at radius 2 is 1.73 bits per heavy atom. The maximum absolute atomic E-state index is 12.3. The summed E-state index contributed by atoms with van der Waals surface area (Å²) >= 11 is 0. The first-order chi connectivity index (χ1) is 14.5. The van der Waals surface area contributed by atoms with E-state index in [2.05, 4.69) is 10.3 Å². The molecule has 152 valence electrons. The zero-order valence-corrected chi connectivity index (χ0v) is 16.5. The molecule has 3 aromatic rings. The van der Waals surface area contributed by atoms with Crippen LogP contribution in [0.1, 0.15) is 27.0 Å². The summed E-state index contributed by atoms with van der Waals surface area (Å²) in [6.07, 6.45) is 3.53. The summed E-state index contributed by atoms with van der Waals surface area (Å²) in [5.41, 5.74) is 9.74. The summed E-state index contributed by atoms with van der Waals surface area (Å²) in [5.74, 6) is -0.640. The van der Waals surface area contributed by atoms with Crippen molar-refractivity contribution in [3.8, 4) is 11.1 Å². The second-order valence-corrected chi connectivity index (χ2v) is 6.71. The van der Waals surface area contributed by atoms with Gasteiger partial charge >= 0.3 is 5.97 Å². The number of hydrogen-bond donors (Lipinski definition) is 3. The number of hydrogen-bond acceptors (Lipinski definition) is 5. The minimum absolute atomic E-state index is 0.0374. The average molecular weight is 402 g/mol. The van der Waals surface area contributed by atoms with Crippen molar-refractivity contribution >= 4 is 17.7 Å². The van der Waals surface area contributed by atoms with Gasteiger partial charge in [-0.3, -0.25) is 15.2 Å². The number of methoxy groups -OCH3 is 1. The topological polar surface area (TPSA) is 118 Å². The SMILES string of the molecule is COC(=O)c1cc(CNC(=O)Cc2ccncc2)cc(-c2cccc(C(=N)N)c2)c1. The fourth-order valence-corrected chi connectivity index (χ4v) is 3.01. The van der Waals surface area contributed by atoms with Crippen LogP contribution in [0.25, 0.3) is 11.1 Å². The number of carbonyl (C=O) groups is 2. The molecule has 0 aliphatic heterocycles. The third kappa shape index (κ3) is 5.29. The Hall–Kier alpha value is -4.00. The van der Waals surface area contributed by atoms with Gasteiger partial charge in [-0.15, -0.1) is 0 Å². The van der Waals surface area contributed by atoms with E-state index in [0.717, 1.165) is 22.3 Å². The van der Waals surface area contributed by atoms with Crippen LogP contribution >= 0.6 is 0 Å². The Balaban J connectivity index is 1.84. The molecule has 7 heteroatoms. The summed E-state index contributed by atoms with van der Waals surface area (Å²) in [5, 5.41) is 10.5.